The number of methoxy groups -OCH3 is 1. The Balaban J connectivity index is 2.32. The van der Waals surface area contributed by atoms with E-state index in [9.17, 15) is 4.79 Å². The normalized spacial score (nSPS) is 11.7. The van der Waals surface area contributed by atoms with E-state index in [4.69, 9.17) is 4.74 Å². The molecule has 0 spiro atoms. The Morgan fingerprint density at radius 3 is 1.85 bits per heavy atom. The summed E-state index contributed by atoms with van der Waals surface area (Å²) in [6.07, 6.45) is 0.348. The van der Waals surface area contributed by atoms with Crippen LogP contribution in [0, 0.1) is 0 Å². The summed E-state index contributed by atoms with van der Waals surface area (Å²) in [7, 11) is 1.42. The molecule has 0 aliphatic heterocycles. The highest BCUT2D eigenvalue weighted by molar-refractivity contribution is 5.72. The maximum Gasteiger partial charge on any atom is 0.307 e. The highest BCUT2D eigenvalue weighted by Crippen LogP contribution is 2.28. The molecule has 0 fully saturated rings. The average molecular weight is 269 g/mol. The largest absolute Gasteiger partial charge is 0.469 e. The van der Waals surface area contributed by atoms with Crippen molar-refractivity contribution in [3.8, 4) is 0 Å². The van der Waals surface area contributed by atoms with E-state index in [1.54, 1.807) is 0 Å². The van der Waals surface area contributed by atoms with E-state index in [0.717, 1.165) is 11.4 Å². The lowest BCUT2D eigenvalue weighted by Crippen LogP contribution is -2.30. The molecule has 0 bridgehead atoms. The summed E-state index contributed by atoms with van der Waals surface area (Å²) < 4.78 is 4.78. The van der Waals surface area contributed by atoms with Crippen molar-refractivity contribution >= 4 is 17.3 Å². The molecule has 20 heavy (non-hydrogen) atoms. The number of carbonyl (C=O) groups is 1. The maximum atomic E-state index is 11.5. The lowest BCUT2D eigenvalue weighted by molar-refractivity contribution is -0.140. The first-order valence-corrected chi connectivity index (χ1v) is 6.68. The number of nitrogens with zero attached hydrogens (tertiary/aromatic N) is 1. The molecule has 0 aromatic heterocycles. The van der Waals surface area contributed by atoms with Gasteiger partial charge >= 0.3 is 5.97 Å². The number of anilines is 2. The molecule has 1 unspecified atom stereocenters. The number of hydrogen-bond acceptors (Lipinski definition) is 3. The standard InChI is InChI=1S/C17H19NO2/c1-14(13-17(19)20-2)18(15-9-5-3-6-10-15)16-11-7-4-8-12-16/h3-12,14H,13H2,1-2H3. The van der Waals surface area contributed by atoms with Gasteiger partial charge in [-0.05, 0) is 31.2 Å². The van der Waals surface area contributed by atoms with E-state index in [1.165, 1.54) is 7.11 Å². The van der Waals surface area contributed by atoms with Crippen molar-refractivity contribution in [3.05, 3.63) is 60.7 Å². The van der Waals surface area contributed by atoms with Crippen molar-refractivity contribution in [1.29, 1.82) is 0 Å². The van der Waals surface area contributed by atoms with Gasteiger partial charge < -0.3 is 9.64 Å². The first kappa shape index (κ1) is 14.1. The molecule has 3 heteroatoms. The van der Waals surface area contributed by atoms with Crippen molar-refractivity contribution in [1.82, 2.24) is 0 Å². The van der Waals surface area contributed by atoms with Crippen LogP contribution < -0.4 is 4.90 Å². The SMILES string of the molecule is COC(=O)CC(C)N(c1ccccc1)c1ccccc1. The molecular weight excluding hydrogens is 250 g/mol. The minimum Gasteiger partial charge on any atom is -0.469 e. The van der Waals surface area contributed by atoms with Crippen molar-refractivity contribution in [2.24, 2.45) is 0 Å². The Bertz CT molecular complexity index is 500. The van der Waals surface area contributed by atoms with Gasteiger partial charge in [-0.1, -0.05) is 36.4 Å². The van der Waals surface area contributed by atoms with Crippen LogP contribution in [0.3, 0.4) is 0 Å². The van der Waals surface area contributed by atoms with Crippen molar-refractivity contribution in [2.75, 3.05) is 12.0 Å². The summed E-state index contributed by atoms with van der Waals surface area (Å²) in [6, 6.07) is 20.1. The summed E-state index contributed by atoms with van der Waals surface area (Å²) in [5, 5.41) is 0. The lowest BCUT2D eigenvalue weighted by atomic mass is 10.1. The van der Waals surface area contributed by atoms with Gasteiger partial charge in [-0.25, -0.2) is 0 Å². The zero-order valence-electron chi connectivity index (χ0n) is 11.8. The lowest BCUT2D eigenvalue weighted by Gasteiger charge is -2.31. The second-order valence-electron chi connectivity index (χ2n) is 4.67. The van der Waals surface area contributed by atoms with Crippen LogP contribution in [0.5, 0.6) is 0 Å². The van der Waals surface area contributed by atoms with Crippen molar-refractivity contribution in [2.45, 2.75) is 19.4 Å². The first-order valence-electron chi connectivity index (χ1n) is 6.68. The van der Waals surface area contributed by atoms with Crippen LogP contribution in [0.4, 0.5) is 11.4 Å². The second-order valence-corrected chi connectivity index (χ2v) is 4.67. The maximum absolute atomic E-state index is 11.5. The van der Waals surface area contributed by atoms with Crippen LogP contribution in [-0.2, 0) is 9.53 Å². The Labute approximate surface area is 119 Å². The van der Waals surface area contributed by atoms with Crippen LogP contribution >= 0.6 is 0 Å². The number of esters is 1. The molecule has 2 rings (SSSR count). The third-order valence-electron chi connectivity index (χ3n) is 3.20. The molecule has 0 radical (unpaired) electrons. The van der Waals surface area contributed by atoms with Crippen LogP contribution in [-0.4, -0.2) is 19.1 Å². The van der Waals surface area contributed by atoms with Gasteiger partial charge in [0.1, 0.15) is 0 Å². The summed E-state index contributed by atoms with van der Waals surface area (Å²) in [5.74, 6) is -0.200. The fourth-order valence-corrected chi connectivity index (χ4v) is 2.25. The first-order chi connectivity index (χ1) is 9.72. The van der Waals surface area contributed by atoms with Crippen LogP contribution in [0.25, 0.3) is 0 Å². The highest BCUT2D eigenvalue weighted by atomic mass is 16.5. The fraction of sp³-hybridized carbons (Fsp3) is 0.235. The third-order valence-corrected chi connectivity index (χ3v) is 3.20. The molecule has 0 N–H and O–H groups in total. The predicted octanol–water partition coefficient (Wildman–Crippen LogP) is 3.78. The molecule has 0 heterocycles. The van der Waals surface area contributed by atoms with Gasteiger partial charge in [-0.2, -0.15) is 0 Å². The predicted molar refractivity (Wildman–Crippen MR) is 81.1 cm³/mol. The third kappa shape index (κ3) is 3.38. The molecule has 0 saturated carbocycles. The van der Waals surface area contributed by atoms with Gasteiger partial charge in [0.15, 0.2) is 0 Å². The Hall–Kier alpha value is -2.29. The van der Waals surface area contributed by atoms with Gasteiger partial charge in [0, 0.05) is 17.4 Å². The number of ether oxygens (including phenoxy) is 1. The Morgan fingerprint density at radius 1 is 1.00 bits per heavy atom. The van der Waals surface area contributed by atoms with E-state index >= 15 is 0 Å². The van der Waals surface area contributed by atoms with Crippen LogP contribution in [0.1, 0.15) is 13.3 Å². The van der Waals surface area contributed by atoms with Gasteiger partial charge in [0.2, 0.25) is 0 Å². The second kappa shape index (κ2) is 6.75. The summed E-state index contributed by atoms with van der Waals surface area (Å²) in [5.41, 5.74) is 2.13. The number of hydrogen-bond donors (Lipinski definition) is 0. The number of carbonyl (C=O) groups excluding carboxylic acids is 1. The summed E-state index contributed by atoms with van der Waals surface area (Å²) in [6.45, 7) is 2.02. The quantitative estimate of drug-likeness (QED) is 0.774. The van der Waals surface area contributed by atoms with E-state index < -0.39 is 0 Å². The van der Waals surface area contributed by atoms with Crippen molar-refractivity contribution in [3.63, 3.8) is 0 Å². The molecule has 0 aliphatic carbocycles. The van der Waals surface area contributed by atoms with Gasteiger partial charge in [0.25, 0.3) is 0 Å². The smallest absolute Gasteiger partial charge is 0.307 e. The Morgan fingerprint density at radius 2 is 1.45 bits per heavy atom. The molecule has 0 saturated heterocycles. The molecule has 2 aromatic rings. The number of para-hydroxylation sites is 2. The molecule has 0 aliphatic rings. The van der Waals surface area contributed by atoms with Crippen LogP contribution in [0.15, 0.2) is 60.7 Å². The molecule has 1 atom stereocenters. The minimum atomic E-state index is -0.200. The topological polar surface area (TPSA) is 29.5 Å². The molecule has 3 nitrogen and oxygen atoms in total. The number of rotatable bonds is 5. The van der Waals surface area contributed by atoms with Gasteiger partial charge in [0.05, 0.1) is 13.5 Å². The number of benzene rings is 2. The molecule has 2 aromatic carbocycles. The van der Waals surface area contributed by atoms with Gasteiger partial charge in [-0.15, -0.1) is 0 Å². The van der Waals surface area contributed by atoms with E-state index in [2.05, 4.69) is 4.90 Å². The van der Waals surface area contributed by atoms with Crippen LogP contribution in [0.2, 0.25) is 0 Å². The molecule has 0 amide bonds. The summed E-state index contributed by atoms with van der Waals surface area (Å²) in [4.78, 5) is 13.7. The highest BCUT2D eigenvalue weighted by Gasteiger charge is 2.19. The Kier molecular flexibility index (Phi) is 4.77. The zero-order valence-corrected chi connectivity index (χ0v) is 11.8. The zero-order chi connectivity index (χ0) is 14.4. The monoisotopic (exact) mass is 269 g/mol. The van der Waals surface area contributed by atoms with E-state index in [1.807, 2.05) is 67.6 Å². The van der Waals surface area contributed by atoms with Gasteiger partial charge in [-0.3, -0.25) is 4.79 Å². The van der Waals surface area contributed by atoms with E-state index in [-0.39, 0.29) is 12.0 Å². The molecular formula is C17H19NO2. The van der Waals surface area contributed by atoms with Crippen molar-refractivity contribution < 1.29 is 9.53 Å². The van der Waals surface area contributed by atoms with E-state index in [0.29, 0.717) is 6.42 Å². The average Bonchev–Trinajstić information content (AvgIpc) is 2.49. The minimum absolute atomic E-state index is 0.0206. The summed E-state index contributed by atoms with van der Waals surface area (Å²) >= 11 is 0. The molecule has 104 valence electrons. The fourth-order valence-electron chi connectivity index (χ4n) is 2.25.